The maximum Gasteiger partial charge on any atom is 0.341 e. The number of thiophene rings is 1. The lowest BCUT2D eigenvalue weighted by Gasteiger charge is -2.09. The van der Waals surface area contributed by atoms with Crippen LogP contribution < -0.4 is 10.1 Å². The number of esters is 1. The molecule has 1 aromatic carbocycles. The van der Waals surface area contributed by atoms with Gasteiger partial charge >= 0.3 is 5.97 Å². The number of ether oxygens (including phenoxy) is 2. The molecule has 0 saturated carbocycles. The molecule has 1 aromatic heterocycles. The van der Waals surface area contributed by atoms with E-state index in [2.05, 4.69) is 12.2 Å². The molecular formula is C21H27NO4S2. The molecule has 0 fully saturated rings. The van der Waals surface area contributed by atoms with E-state index in [0.29, 0.717) is 23.6 Å². The Labute approximate surface area is 174 Å². The van der Waals surface area contributed by atoms with Crippen LogP contribution in [0.1, 0.15) is 43.5 Å². The van der Waals surface area contributed by atoms with Crippen LogP contribution in [0.4, 0.5) is 5.00 Å². The molecule has 2 rings (SSSR count). The first-order valence-corrected chi connectivity index (χ1v) is 11.7. The number of anilines is 1. The van der Waals surface area contributed by atoms with E-state index in [0.717, 1.165) is 35.5 Å². The molecule has 0 unspecified atom stereocenters. The van der Waals surface area contributed by atoms with Gasteiger partial charge in [-0.25, -0.2) is 4.79 Å². The van der Waals surface area contributed by atoms with Gasteiger partial charge in [-0.2, -0.15) is 11.8 Å². The Balaban J connectivity index is 2.25. The predicted octanol–water partition coefficient (Wildman–Crippen LogP) is 5.46. The third-order valence-electron chi connectivity index (χ3n) is 3.91. The summed E-state index contributed by atoms with van der Waals surface area (Å²) in [5, 5.41) is 5.30. The summed E-state index contributed by atoms with van der Waals surface area (Å²) < 4.78 is 10.9. The first kappa shape index (κ1) is 22.3. The normalized spacial score (nSPS) is 10.5. The fraction of sp³-hybridized carbons (Fsp3) is 0.429. The zero-order valence-corrected chi connectivity index (χ0v) is 18.2. The van der Waals surface area contributed by atoms with Crippen molar-refractivity contribution in [3.63, 3.8) is 0 Å². The SMILES string of the molecule is CCCOc1ccc(-c2csc(NC(=O)CCCSC)c2C(=O)OCC)cc1. The zero-order valence-electron chi connectivity index (χ0n) is 16.6. The van der Waals surface area contributed by atoms with Crippen molar-refractivity contribution in [1.29, 1.82) is 0 Å². The molecule has 2 aromatic rings. The van der Waals surface area contributed by atoms with Gasteiger partial charge in [0.15, 0.2) is 0 Å². The van der Waals surface area contributed by atoms with Crippen LogP contribution in [0.3, 0.4) is 0 Å². The summed E-state index contributed by atoms with van der Waals surface area (Å²) in [4.78, 5) is 24.8. The van der Waals surface area contributed by atoms with Crippen molar-refractivity contribution < 1.29 is 19.1 Å². The van der Waals surface area contributed by atoms with Gasteiger partial charge in [-0.3, -0.25) is 4.79 Å². The van der Waals surface area contributed by atoms with Crippen LogP contribution in [-0.2, 0) is 9.53 Å². The van der Waals surface area contributed by atoms with Gasteiger partial charge in [0.25, 0.3) is 0 Å². The topological polar surface area (TPSA) is 64.6 Å². The predicted molar refractivity (Wildman–Crippen MR) is 118 cm³/mol. The number of thioether (sulfide) groups is 1. The van der Waals surface area contributed by atoms with Gasteiger partial charge in [0.1, 0.15) is 16.3 Å². The number of carbonyl (C=O) groups excluding carboxylic acids is 2. The molecule has 0 aliphatic rings. The summed E-state index contributed by atoms with van der Waals surface area (Å²) in [5.74, 6) is 1.21. The maximum atomic E-state index is 12.6. The van der Waals surface area contributed by atoms with E-state index in [1.807, 2.05) is 35.9 Å². The van der Waals surface area contributed by atoms with E-state index in [1.54, 1.807) is 18.7 Å². The Morgan fingerprint density at radius 1 is 1.18 bits per heavy atom. The molecule has 1 N–H and O–H groups in total. The lowest BCUT2D eigenvalue weighted by molar-refractivity contribution is -0.116. The largest absolute Gasteiger partial charge is 0.494 e. The first-order chi connectivity index (χ1) is 13.6. The number of carbonyl (C=O) groups is 2. The molecule has 1 heterocycles. The molecule has 0 spiro atoms. The maximum absolute atomic E-state index is 12.6. The van der Waals surface area contributed by atoms with Gasteiger partial charge in [-0.15, -0.1) is 11.3 Å². The fourth-order valence-corrected chi connectivity index (χ4v) is 3.99. The number of nitrogens with one attached hydrogen (secondary N) is 1. The third kappa shape index (κ3) is 6.27. The number of benzene rings is 1. The van der Waals surface area contributed by atoms with Crippen molar-refractivity contribution in [3.05, 3.63) is 35.2 Å². The quantitative estimate of drug-likeness (QED) is 0.385. The standard InChI is InChI=1S/C21H27NO4S2/c1-4-12-26-16-10-8-15(9-11-16)17-14-28-20(19(17)21(24)25-5-2)22-18(23)7-6-13-27-3/h8-11,14H,4-7,12-13H2,1-3H3,(H,22,23). The molecular weight excluding hydrogens is 394 g/mol. The van der Waals surface area contributed by atoms with Gasteiger partial charge in [0.2, 0.25) is 5.91 Å². The molecule has 0 bridgehead atoms. The molecule has 0 aliphatic heterocycles. The van der Waals surface area contributed by atoms with Gasteiger partial charge in [-0.1, -0.05) is 19.1 Å². The number of hydrogen-bond donors (Lipinski definition) is 1. The Morgan fingerprint density at radius 2 is 1.93 bits per heavy atom. The average Bonchev–Trinajstić information content (AvgIpc) is 3.10. The third-order valence-corrected chi connectivity index (χ3v) is 5.51. The summed E-state index contributed by atoms with van der Waals surface area (Å²) >= 11 is 3.05. The smallest absolute Gasteiger partial charge is 0.341 e. The molecule has 7 heteroatoms. The molecule has 0 aliphatic carbocycles. The molecule has 0 atom stereocenters. The van der Waals surface area contributed by atoms with Gasteiger partial charge in [0, 0.05) is 17.4 Å². The van der Waals surface area contributed by atoms with E-state index < -0.39 is 5.97 Å². The highest BCUT2D eigenvalue weighted by molar-refractivity contribution is 7.98. The van der Waals surface area contributed by atoms with Crippen LogP contribution in [0.15, 0.2) is 29.6 Å². The van der Waals surface area contributed by atoms with Crippen molar-refractivity contribution in [2.45, 2.75) is 33.1 Å². The summed E-state index contributed by atoms with van der Waals surface area (Å²) in [6.45, 7) is 4.77. The van der Waals surface area contributed by atoms with E-state index in [1.165, 1.54) is 11.3 Å². The van der Waals surface area contributed by atoms with Crippen LogP contribution in [-0.4, -0.2) is 37.1 Å². The monoisotopic (exact) mass is 421 g/mol. The molecule has 28 heavy (non-hydrogen) atoms. The van der Waals surface area contributed by atoms with Crippen molar-refractivity contribution in [2.75, 3.05) is 30.5 Å². The average molecular weight is 422 g/mol. The summed E-state index contributed by atoms with van der Waals surface area (Å²) in [6.07, 6.45) is 4.19. The minimum absolute atomic E-state index is 0.0867. The molecule has 5 nitrogen and oxygen atoms in total. The lowest BCUT2D eigenvalue weighted by Crippen LogP contribution is -2.14. The van der Waals surface area contributed by atoms with Crippen LogP contribution in [0.5, 0.6) is 5.75 Å². The number of rotatable bonds is 11. The fourth-order valence-electron chi connectivity index (χ4n) is 2.59. The summed E-state index contributed by atoms with van der Waals surface area (Å²) in [6, 6.07) is 7.61. The lowest BCUT2D eigenvalue weighted by atomic mass is 10.0. The van der Waals surface area contributed by atoms with Crippen LogP contribution in [0.25, 0.3) is 11.1 Å². The molecule has 1 amide bonds. The van der Waals surface area contributed by atoms with Crippen LogP contribution in [0, 0.1) is 0 Å². The highest BCUT2D eigenvalue weighted by Crippen LogP contribution is 2.37. The van der Waals surface area contributed by atoms with Gasteiger partial charge < -0.3 is 14.8 Å². The van der Waals surface area contributed by atoms with Crippen molar-refractivity contribution in [1.82, 2.24) is 0 Å². The minimum atomic E-state index is -0.426. The summed E-state index contributed by atoms with van der Waals surface area (Å²) in [7, 11) is 0. The summed E-state index contributed by atoms with van der Waals surface area (Å²) in [5.41, 5.74) is 2.04. The highest BCUT2D eigenvalue weighted by atomic mass is 32.2. The van der Waals surface area contributed by atoms with Gasteiger partial charge in [-0.05, 0) is 49.5 Å². The molecule has 0 saturated heterocycles. The second-order valence-corrected chi connectivity index (χ2v) is 7.96. The van der Waals surface area contributed by atoms with Crippen molar-refractivity contribution in [2.24, 2.45) is 0 Å². The van der Waals surface area contributed by atoms with Gasteiger partial charge in [0.05, 0.1) is 13.2 Å². The van der Waals surface area contributed by atoms with E-state index in [-0.39, 0.29) is 12.5 Å². The minimum Gasteiger partial charge on any atom is -0.494 e. The Bertz CT molecular complexity index is 771. The zero-order chi connectivity index (χ0) is 20.4. The van der Waals surface area contributed by atoms with Crippen LogP contribution >= 0.6 is 23.1 Å². The first-order valence-electron chi connectivity index (χ1n) is 9.41. The Morgan fingerprint density at radius 3 is 2.57 bits per heavy atom. The van der Waals surface area contributed by atoms with E-state index >= 15 is 0 Å². The van der Waals surface area contributed by atoms with E-state index in [9.17, 15) is 9.59 Å². The number of amides is 1. The van der Waals surface area contributed by atoms with Crippen LogP contribution in [0.2, 0.25) is 0 Å². The second-order valence-electron chi connectivity index (χ2n) is 6.09. The highest BCUT2D eigenvalue weighted by Gasteiger charge is 2.22. The van der Waals surface area contributed by atoms with Crippen molar-refractivity contribution in [3.8, 4) is 16.9 Å². The second kappa shape index (κ2) is 11.8. The molecule has 152 valence electrons. The Kier molecular flexibility index (Phi) is 9.37. The van der Waals surface area contributed by atoms with Crippen molar-refractivity contribution >= 4 is 40.0 Å². The Hall–Kier alpha value is -1.99. The van der Waals surface area contributed by atoms with E-state index in [4.69, 9.17) is 9.47 Å². The number of hydrogen-bond acceptors (Lipinski definition) is 6. The molecule has 0 radical (unpaired) electrons.